The first-order valence-electron chi connectivity index (χ1n) is 8.64. The average molecular weight is 415 g/mol. The van der Waals surface area contributed by atoms with E-state index < -0.39 is 11.7 Å². The molecule has 3 nitrogen and oxygen atoms in total. The summed E-state index contributed by atoms with van der Waals surface area (Å²) < 4.78 is 37.9. The van der Waals surface area contributed by atoms with E-state index in [0.29, 0.717) is 38.6 Å². The predicted molar refractivity (Wildman–Crippen MR) is 109 cm³/mol. The topological polar surface area (TPSA) is 48.9 Å². The van der Waals surface area contributed by atoms with Crippen molar-refractivity contribution in [3.8, 4) is 16.9 Å². The van der Waals surface area contributed by atoms with E-state index >= 15 is 0 Å². The van der Waals surface area contributed by atoms with E-state index in [1.54, 1.807) is 48.6 Å². The Kier molecular flexibility index (Phi) is 4.80. The number of nitrogens with zero attached hydrogens (tertiary/aromatic N) is 1. The fourth-order valence-electron chi connectivity index (χ4n) is 3.00. The lowest BCUT2D eigenvalue weighted by molar-refractivity contribution is -0.137. The number of aromatic hydroxyl groups is 1. The Morgan fingerprint density at radius 2 is 1.66 bits per heavy atom. The first kappa shape index (κ1) is 19.1. The second-order valence-electron chi connectivity index (χ2n) is 6.44. The molecular weight excluding hydrogens is 401 g/mol. The molecule has 29 heavy (non-hydrogen) atoms. The molecule has 0 radical (unpaired) electrons. The molecule has 0 amide bonds. The molecule has 4 aromatic rings. The average Bonchev–Trinajstić information content (AvgIpc) is 3.07. The van der Waals surface area contributed by atoms with Crippen LogP contribution in [-0.4, -0.2) is 15.1 Å². The van der Waals surface area contributed by atoms with Crippen LogP contribution >= 0.6 is 11.6 Å². The zero-order valence-electron chi connectivity index (χ0n) is 14.8. The zero-order chi connectivity index (χ0) is 20.6. The number of phenolic OH excluding ortho intramolecular Hbond substituents is 1. The molecule has 7 heteroatoms. The monoisotopic (exact) mass is 414 g/mol. The van der Waals surface area contributed by atoms with Crippen LogP contribution in [0.25, 0.3) is 34.3 Å². The Morgan fingerprint density at radius 3 is 2.34 bits per heavy atom. The lowest BCUT2D eigenvalue weighted by atomic mass is 10.0. The van der Waals surface area contributed by atoms with Crippen molar-refractivity contribution < 1.29 is 18.3 Å². The van der Waals surface area contributed by atoms with Crippen molar-refractivity contribution in [2.75, 3.05) is 0 Å². The van der Waals surface area contributed by atoms with Gasteiger partial charge in [-0.1, -0.05) is 48.0 Å². The van der Waals surface area contributed by atoms with Crippen molar-refractivity contribution in [1.82, 2.24) is 9.97 Å². The molecule has 0 aliphatic carbocycles. The highest BCUT2D eigenvalue weighted by molar-refractivity contribution is 6.34. The molecule has 0 saturated carbocycles. The van der Waals surface area contributed by atoms with E-state index in [1.165, 1.54) is 12.1 Å². The predicted octanol–water partition coefficient (Wildman–Crippen LogP) is 6.78. The molecule has 3 aromatic carbocycles. The number of fused-ring (bicyclic) bond motifs is 1. The Bertz CT molecular complexity index is 1210. The Hall–Kier alpha value is -3.25. The number of aromatic nitrogens is 2. The lowest BCUT2D eigenvalue weighted by Gasteiger charge is -2.06. The van der Waals surface area contributed by atoms with Crippen molar-refractivity contribution in [1.29, 1.82) is 0 Å². The van der Waals surface area contributed by atoms with Crippen LogP contribution in [-0.2, 0) is 6.18 Å². The van der Waals surface area contributed by atoms with Crippen LogP contribution in [0.5, 0.6) is 5.75 Å². The maximum Gasteiger partial charge on any atom is 0.416 e. The van der Waals surface area contributed by atoms with Crippen LogP contribution in [0.2, 0.25) is 5.02 Å². The van der Waals surface area contributed by atoms with E-state index in [4.69, 9.17) is 11.6 Å². The number of nitrogens with one attached hydrogen (secondary N) is 1. The van der Waals surface area contributed by atoms with E-state index in [-0.39, 0.29) is 5.75 Å². The highest BCUT2D eigenvalue weighted by atomic mass is 35.5. The summed E-state index contributed by atoms with van der Waals surface area (Å²) in [6.45, 7) is 0. The molecule has 4 rings (SSSR count). The minimum atomic E-state index is -4.36. The van der Waals surface area contributed by atoms with Gasteiger partial charge in [-0.3, -0.25) is 0 Å². The summed E-state index contributed by atoms with van der Waals surface area (Å²) in [5.74, 6) is 0.650. The standard InChI is InChI=1S/C22H14ClF3N2O/c23-17-12-19-18(11-16(17)15-3-1-2-4-20(15)29)27-21(28-19)10-7-13-5-8-14(9-6-13)22(24,25)26/h1-12,29H,(H,27,28). The molecule has 0 atom stereocenters. The van der Waals surface area contributed by atoms with Gasteiger partial charge in [-0.05, 0) is 42.0 Å². The quantitative estimate of drug-likeness (QED) is 0.388. The second-order valence-corrected chi connectivity index (χ2v) is 6.85. The third-order valence-corrected chi connectivity index (χ3v) is 4.77. The molecule has 0 fully saturated rings. The zero-order valence-corrected chi connectivity index (χ0v) is 15.6. The number of benzene rings is 3. The minimum absolute atomic E-state index is 0.117. The summed E-state index contributed by atoms with van der Waals surface area (Å²) >= 11 is 6.37. The van der Waals surface area contributed by atoms with Crippen molar-refractivity contribution >= 4 is 34.8 Å². The number of hydrogen-bond acceptors (Lipinski definition) is 2. The molecule has 0 saturated heterocycles. The van der Waals surface area contributed by atoms with Crippen molar-refractivity contribution in [3.63, 3.8) is 0 Å². The van der Waals surface area contributed by atoms with Gasteiger partial charge < -0.3 is 10.1 Å². The number of halogens is 4. The largest absolute Gasteiger partial charge is 0.507 e. The van der Waals surface area contributed by atoms with Gasteiger partial charge in [0.25, 0.3) is 0 Å². The van der Waals surface area contributed by atoms with Gasteiger partial charge in [-0.25, -0.2) is 4.98 Å². The Labute approximate surface area is 169 Å². The lowest BCUT2D eigenvalue weighted by Crippen LogP contribution is -2.03. The van der Waals surface area contributed by atoms with Crippen LogP contribution in [0.15, 0.2) is 60.7 Å². The summed E-state index contributed by atoms with van der Waals surface area (Å²) in [5.41, 5.74) is 2.54. The van der Waals surface area contributed by atoms with Gasteiger partial charge in [-0.2, -0.15) is 13.2 Å². The summed E-state index contributed by atoms with van der Waals surface area (Å²) in [6, 6.07) is 15.2. The maximum absolute atomic E-state index is 12.6. The summed E-state index contributed by atoms with van der Waals surface area (Å²) in [7, 11) is 0. The second kappa shape index (κ2) is 7.29. The van der Waals surface area contributed by atoms with E-state index in [2.05, 4.69) is 9.97 Å². The van der Waals surface area contributed by atoms with Gasteiger partial charge >= 0.3 is 6.18 Å². The summed E-state index contributed by atoms with van der Waals surface area (Å²) in [5, 5.41) is 10.5. The van der Waals surface area contributed by atoms with Crippen LogP contribution in [0.4, 0.5) is 13.2 Å². The molecule has 2 N–H and O–H groups in total. The number of phenols is 1. The normalized spacial score (nSPS) is 12.1. The molecule has 1 aromatic heterocycles. The first-order chi connectivity index (χ1) is 13.8. The number of H-pyrrole nitrogens is 1. The van der Waals surface area contributed by atoms with E-state index in [0.717, 1.165) is 12.1 Å². The number of alkyl halides is 3. The first-order valence-corrected chi connectivity index (χ1v) is 9.02. The molecule has 0 unspecified atom stereocenters. The van der Waals surface area contributed by atoms with Gasteiger partial charge in [0.2, 0.25) is 0 Å². The van der Waals surface area contributed by atoms with Crippen LogP contribution in [0, 0.1) is 0 Å². The number of rotatable bonds is 3. The molecule has 0 aliphatic rings. The summed E-state index contributed by atoms with van der Waals surface area (Å²) in [6.07, 6.45) is -1.01. The van der Waals surface area contributed by atoms with Crippen molar-refractivity contribution in [2.45, 2.75) is 6.18 Å². The van der Waals surface area contributed by atoms with E-state index in [1.807, 2.05) is 0 Å². The smallest absolute Gasteiger partial charge is 0.416 e. The molecular formula is C22H14ClF3N2O. The van der Waals surface area contributed by atoms with Crippen LogP contribution in [0.1, 0.15) is 17.0 Å². The molecule has 0 spiro atoms. The maximum atomic E-state index is 12.6. The highest BCUT2D eigenvalue weighted by Gasteiger charge is 2.29. The number of para-hydroxylation sites is 1. The van der Waals surface area contributed by atoms with Crippen molar-refractivity contribution in [3.05, 3.63) is 82.6 Å². The van der Waals surface area contributed by atoms with Crippen LogP contribution in [0.3, 0.4) is 0 Å². The summed E-state index contributed by atoms with van der Waals surface area (Å²) in [4.78, 5) is 7.59. The van der Waals surface area contributed by atoms with Crippen LogP contribution < -0.4 is 0 Å². The third kappa shape index (κ3) is 3.98. The minimum Gasteiger partial charge on any atom is -0.507 e. The molecule has 1 heterocycles. The van der Waals surface area contributed by atoms with Gasteiger partial charge in [0.15, 0.2) is 0 Å². The highest BCUT2D eigenvalue weighted by Crippen LogP contribution is 2.36. The SMILES string of the molecule is Oc1ccccc1-c1cc2nc(C=Cc3ccc(C(F)(F)F)cc3)[nH]c2cc1Cl. The Morgan fingerprint density at radius 1 is 0.931 bits per heavy atom. The van der Waals surface area contributed by atoms with Gasteiger partial charge in [0.05, 0.1) is 21.6 Å². The molecule has 146 valence electrons. The fourth-order valence-corrected chi connectivity index (χ4v) is 3.26. The number of hydrogen-bond donors (Lipinski definition) is 2. The molecule has 0 bridgehead atoms. The van der Waals surface area contributed by atoms with Gasteiger partial charge in [0, 0.05) is 11.1 Å². The third-order valence-electron chi connectivity index (χ3n) is 4.45. The number of aromatic amines is 1. The number of imidazole rings is 1. The van der Waals surface area contributed by atoms with Gasteiger partial charge in [0.1, 0.15) is 11.6 Å². The van der Waals surface area contributed by atoms with Crippen molar-refractivity contribution in [2.24, 2.45) is 0 Å². The molecule has 0 aliphatic heterocycles. The Balaban J connectivity index is 1.64. The van der Waals surface area contributed by atoms with Gasteiger partial charge in [-0.15, -0.1) is 0 Å². The van der Waals surface area contributed by atoms with E-state index in [9.17, 15) is 18.3 Å². The fraction of sp³-hybridized carbons (Fsp3) is 0.0455.